The van der Waals surface area contributed by atoms with Crippen molar-refractivity contribution >= 4 is 31.6 Å². The summed E-state index contributed by atoms with van der Waals surface area (Å²) < 4.78 is 64.2. The van der Waals surface area contributed by atoms with Crippen molar-refractivity contribution in [3.8, 4) is 0 Å². The Morgan fingerprint density at radius 1 is 1.03 bits per heavy atom. The number of para-hydroxylation sites is 1. The molecule has 8 nitrogen and oxygen atoms in total. The van der Waals surface area contributed by atoms with Crippen molar-refractivity contribution in [1.82, 2.24) is 9.62 Å². The van der Waals surface area contributed by atoms with Crippen LogP contribution in [-0.2, 0) is 24.8 Å². The van der Waals surface area contributed by atoms with Crippen molar-refractivity contribution in [1.29, 1.82) is 0 Å². The number of nitrogens with one attached hydrogen (secondary N) is 1. The normalized spacial score (nSPS) is 13.1. The van der Waals surface area contributed by atoms with Gasteiger partial charge in [0.05, 0.1) is 16.6 Å². The summed E-state index contributed by atoms with van der Waals surface area (Å²) in [6, 6.07) is 10.7. The van der Waals surface area contributed by atoms with Gasteiger partial charge in [0.15, 0.2) is 9.84 Å². The molecular formula is C19H24FN3O5S2. The van der Waals surface area contributed by atoms with Crippen LogP contribution in [0.25, 0.3) is 0 Å². The predicted molar refractivity (Wildman–Crippen MR) is 112 cm³/mol. The van der Waals surface area contributed by atoms with Gasteiger partial charge in [-0.25, -0.2) is 17.1 Å². The highest BCUT2D eigenvalue weighted by molar-refractivity contribution is 7.90. The molecule has 30 heavy (non-hydrogen) atoms. The van der Waals surface area contributed by atoms with Crippen LogP contribution in [0.1, 0.15) is 18.5 Å². The maximum absolute atomic E-state index is 14.2. The molecule has 1 atom stereocenters. The van der Waals surface area contributed by atoms with Gasteiger partial charge in [-0.3, -0.25) is 4.79 Å². The number of rotatable bonds is 8. The van der Waals surface area contributed by atoms with E-state index in [0.29, 0.717) is 9.87 Å². The van der Waals surface area contributed by atoms with Crippen molar-refractivity contribution < 1.29 is 26.0 Å². The molecule has 0 fully saturated rings. The third-order valence-corrected chi connectivity index (χ3v) is 7.27. The van der Waals surface area contributed by atoms with Gasteiger partial charge in [0, 0.05) is 20.4 Å². The molecule has 0 bridgehead atoms. The Hall–Kier alpha value is -2.50. The first-order valence-electron chi connectivity index (χ1n) is 8.88. The molecule has 0 saturated heterocycles. The summed E-state index contributed by atoms with van der Waals surface area (Å²) in [5.41, 5.74) is 0.384. The summed E-state index contributed by atoms with van der Waals surface area (Å²) in [4.78, 5) is 12.7. The van der Waals surface area contributed by atoms with Crippen LogP contribution in [0.15, 0.2) is 53.4 Å². The zero-order valence-corrected chi connectivity index (χ0v) is 18.7. The molecule has 2 aromatic rings. The maximum Gasteiger partial charge on any atom is 0.304 e. The molecule has 2 aromatic carbocycles. The second-order valence-corrected chi connectivity index (χ2v) is 11.0. The van der Waals surface area contributed by atoms with Crippen LogP contribution in [0, 0.1) is 5.82 Å². The molecule has 0 aliphatic heterocycles. The van der Waals surface area contributed by atoms with Gasteiger partial charge in [0.25, 0.3) is 0 Å². The minimum Gasteiger partial charge on any atom is -0.348 e. The van der Waals surface area contributed by atoms with E-state index < -0.39 is 44.4 Å². The number of anilines is 1. The third kappa shape index (κ3) is 5.55. The number of nitrogens with zero attached hydrogens (tertiary/aromatic N) is 2. The highest BCUT2D eigenvalue weighted by atomic mass is 32.2. The molecule has 1 amide bonds. The Morgan fingerprint density at radius 3 is 2.10 bits per heavy atom. The van der Waals surface area contributed by atoms with Crippen LogP contribution in [0.4, 0.5) is 10.1 Å². The van der Waals surface area contributed by atoms with Crippen molar-refractivity contribution in [2.45, 2.75) is 17.9 Å². The zero-order chi connectivity index (χ0) is 22.7. The van der Waals surface area contributed by atoms with E-state index in [-0.39, 0.29) is 10.6 Å². The van der Waals surface area contributed by atoms with Crippen LogP contribution in [0.3, 0.4) is 0 Å². The SMILES string of the molecule is CC(NC(=O)CN(c1ccccc1F)S(=O)(=O)N(C)C)c1ccc(S(C)(=O)=O)cc1. The van der Waals surface area contributed by atoms with Crippen molar-refractivity contribution in [3.63, 3.8) is 0 Å². The molecule has 0 aliphatic carbocycles. The zero-order valence-electron chi connectivity index (χ0n) is 17.0. The number of sulfone groups is 1. The lowest BCUT2D eigenvalue weighted by Crippen LogP contribution is -2.46. The molecule has 0 aliphatic rings. The Morgan fingerprint density at radius 2 is 1.60 bits per heavy atom. The molecule has 0 heterocycles. The van der Waals surface area contributed by atoms with Crippen LogP contribution in [0.5, 0.6) is 0 Å². The van der Waals surface area contributed by atoms with E-state index in [2.05, 4.69) is 5.32 Å². The summed E-state index contributed by atoms with van der Waals surface area (Å²) in [6.07, 6.45) is 1.09. The van der Waals surface area contributed by atoms with Gasteiger partial charge in [0.1, 0.15) is 12.4 Å². The molecule has 0 radical (unpaired) electrons. The standard InChI is InChI=1S/C19H24FN3O5S2/c1-14(15-9-11-16(12-10-15)29(4,25)26)21-19(24)13-23(30(27,28)22(2)3)18-8-6-5-7-17(18)20/h5-12,14H,13H2,1-4H3,(H,21,24). The molecule has 0 spiro atoms. The first-order chi connectivity index (χ1) is 13.8. The first-order valence-corrected chi connectivity index (χ1v) is 12.2. The van der Waals surface area contributed by atoms with Gasteiger partial charge in [-0.05, 0) is 36.8 Å². The smallest absolute Gasteiger partial charge is 0.304 e. The molecule has 0 saturated carbocycles. The average molecular weight is 458 g/mol. The number of hydrogen-bond acceptors (Lipinski definition) is 5. The van der Waals surface area contributed by atoms with Crippen molar-refractivity contribution in [2.75, 3.05) is 31.2 Å². The fraction of sp³-hybridized carbons (Fsp3) is 0.316. The first kappa shape index (κ1) is 23.8. The van der Waals surface area contributed by atoms with Crippen molar-refractivity contribution in [3.05, 3.63) is 59.9 Å². The molecule has 11 heteroatoms. The van der Waals surface area contributed by atoms with E-state index >= 15 is 0 Å². The lowest BCUT2D eigenvalue weighted by molar-refractivity contribution is -0.120. The largest absolute Gasteiger partial charge is 0.348 e. The van der Waals surface area contributed by atoms with E-state index in [1.165, 1.54) is 44.4 Å². The summed E-state index contributed by atoms with van der Waals surface area (Å²) in [6.45, 7) is 1.04. The van der Waals surface area contributed by atoms with Gasteiger partial charge >= 0.3 is 10.2 Å². The van der Waals surface area contributed by atoms with Crippen LogP contribution in [0.2, 0.25) is 0 Å². The van der Waals surface area contributed by atoms with Gasteiger partial charge in [0.2, 0.25) is 5.91 Å². The number of halogens is 1. The van der Waals surface area contributed by atoms with E-state index in [0.717, 1.165) is 16.6 Å². The van der Waals surface area contributed by atoms with E-state index in [1.807, 2.05) is 0 Å². The van der Waals surface area contributed by atoms with E-state index in [9.17, 15) is 26.0 Å². The Balaban J connectivity index is 2.23. The number of carbonyl (C=O) groups excluding carboxylic acids is 1. The fourth-order valence-corrected chi connectivity index (χ4v) is 4.35. The lowest BCUT2D eigenvalue weighted by atomic mass is 10.1. The Bertz CT molecular complexity index is 1120. The molecule has 2 rings (SSSR count). The second kappa shape index (κ2) is 9.11. The van der Waals surface area contributed by atoms with Gasteiger partial charge in [-0.15, -0.1) is 0 Å². The Kier molecular flexibility index (Phi) is 7.22. The monoisotopic (exact) mass is 457 g/mol. The minimum absolute atomic E-state index is 0.146. The van der Waals surface area contributed by atoms with Gasteiger partial charge < -0.3 is 5.32 Å². The predicted octanol–water partition coefficient (Wildman–Crippen LogP) is 1.72. The average Bonchev–Trinajstić information content (AvgIpc) is 2.66. The van der Waals surface area contributed by atoms with Gasteiger partial charge in [-0.2, -0.15) is 12.7 Å². The molecule has 1 unspecified atom stereocenters. The highest BCUT2D eigenvalue weighted by Crippen LogP contribution is 2.23. The molecule has 0 aromatic heterocycles. The third-order valence-electron chi connectivity index (χ3n) is 4.33. The number of hydrogen-bond donors (Lipinski definition) is 1. The van der Waals surface area contributed by atoms with Crippen LogP contribution >= 0.6 is 0 Å². The number of carbonyl (C=O) groups is 1. The summed E-state index contributed by atoms with van der Waals surface area (Å²) in [5, 5.41) is 2.65. The minimum atomic E-state index is -4.13. The Labute approximate surface area is 176 Å². The topological polar surface area (TPSA) is 104 Å². The van der Waals surface area contributed by atoms with E-state index in [1.54, 1.807) is 19.1 Å². The summed E-state index contributed by atoms with van der Waals surface area (Å²) >= 11 is 0. The molecule has 1 N–H and O–H groups in total. The molecular weight excluding hydrogens is 433 g/mol. The number of benzene rings is 2. The van der Waals surface area contributed by atoms with Crippen LogP contribution in [-0.4, -0.2) is 53.9 Å². The summed E-state index contributed by atoms with van der Waals surface area (Å²) in [5.74, 6) is -1.43. The van der Waals surface area contributed by atoms with E-state index in [4.69, 9.17) is 0 Å². The van der Waals surface area contributed by atoms with Crippen molar-refractivity contribution in [2.24, 2.45) is 0 Å². The molecule has 164 valence electrons. The quantitative estimate of drug-likeness (QED) is 0.650. The summed E-state index contributed by atoms with van der Waals surface area (Å²) in [7, 11) is -4.91. The maximum atomic E-state index is 14.2. The van der Waals surface area contributed by atoms with Gasteiger partial charge in [-0.1, -0.05) is 24.3 Å². The second-order valence-electron chi connectivity index (χ2n) is 6.88. The number of amides is 1. The lowest BCUT2D eigenvalue weighted by Gasteiger charge is -2.27. The fourth-order valence-electron chi connectivity index (χ4n) is 2.65. The highest BCUT2D eigenvalue weighted by Gasteiger charge is 2.29. The van der Waals surface area contributed by atoms with Crippen LogP contribution < -0.4 is 9.62 Å².